The van der Waals surface area contributed by atoms with Crippen molar-refractivity contribution in [2.24, 2.45) is 5.92 Å². The summed E-state index contributed by atoms with van der Waals surface area (Å²) in [5, 5.41) is 0. The second-order valence-corrected chi connectivity index (χ2v) is 5.09. The van der Waals surface area contributed by atoms with Gasteiger partial charge in [0.25, 0.3) is 0 Å². The van der Waals surface area contributed by atoms with Crippen molar-refractivity contribution < 1.29 is 4.39 Å². The van der Waals surface area contributed by atoms with Gasteiger partial charge in [0.15, 0.2) is 0 Å². The van der Waals surface area contributed by atoms with Crippen molar-refractivity contribution in [3.05, 3.63) is 24.0 Å². The summed E-state index contributed by atoms with van der Waals surface area (Å²) in [7, 11) is 2.00. The van der Waals surface area contributed by atoms with Crippen LogP contribution in [0.15, 0.2) is 18.2 Å². The third-order valence-electron chi connectivity index (χ3n) is 3.66. The first-order valence-corrected chi connectivity index (χ1v) is 6.43. The Morgan fingerprint density at radius 1 is 1.29 bits per heavy atom. The summed E-state index contributed by atoms with van der Waals surface area (Å²) in [6.45, 7) is 0.980. The molecule has 1 aromatic carbocycles. The molecule has 3 heteroatoms. The number of nitrogens with zero attached hydrogens (tertiary/aromatic N) is 1. The maximum absolute atomic E-state index is 13.2. The zero-order valence-corrected chi connectivity index (χ0v) is 10.5. The zero-order valence-electron chi connectivity index (χ0n) is 10.5. The molecule has 94 valence electrons. The second kappa shape index (κ2) is 5.39. The Morgan fingerprint density at radius 3 is 2.71 bits per heavy atom. The van der Waals surface area contributed by atoms with Crippen LogP contribution in [0, 0.1) is 11.7 Å². The minimum atomic E-state index is -0.218. The highest BCUT2D eigenvalue weighted by molar-refractivity contribution is 5.67. The highest BCUT2D eigenvalue weighted by Gasteiger charge is 2.16. The molecular formula is C14H21FN2. The zero-order chi connectivity index (χ0) is 12.3. The summed E-state index contributed by atoms with van der Waals surface area (Å²) in [4.78, 5) is 2.09. The van der Waals surface area contributed by atoms with Crippen LogP contribution in [-0.2, 0) is 0 Å². The maximum Gasteiger partial charge on any atom is 0.125 e. The third kappa shape index (κ3) is 3.11. The Labute approximate surface area is 103 Å². The average molecular weight is 236 g/mol. The fraction of sp³-hybridized carbons (Fsp3) is 0.571. The quantitative estimate of drug-likeness (QED) is 0.815. The van der Waals surface area contributed by atoms with E-state index in [2.05, 4.69) is 4.90 Å². The van der Waals surface area contributed by atoms with E-state index in [9.17, 15) is 4.39 Å². The highest BCUT2D eigenvalue weighted by atomic mass is 19.1. The molecule has 0 aromatic heterocycles. The standard InChI is InChI=1S/C14H21FN2/c1-17(10-11-5-3-2-4-6-11)14-9-12(15)7-8-13(14)16/h7-9,11H,2-6,10,16H2,1H3. The van der Waals surface area contributed by atoms with Crippen molar-refractivity contribution in [3.63, 3.8) is 0 Å². The van der Waals surface area contributed by atoms with Crippen molar-refractivity contribution in [2.45, 2.75) is 32.1 Å². The molecule has 2 rings (SSSR count). The van der Waals surface area contributed by atoms with Crippen LogP contribution in [0.5, 0.6) is 0 Å². The number of benzene rings is 1. The van der Waals surface area contributed by atoms with Gasteiger partial charge >= 0.3 is 0 Å². The molecule has 1 saturated carbocycles. The second-order valence-electron chi connectivity index (χ2n) is 5.09. The Kier molecular flexibility index (Phi) is 3.87. The Morgan fingerprint density at radius 2 is 2.00 bits per heavy atom. The maximum atomic E-state index is 13.2. The van der Waals surface area contributed by atoms with E-state index in [1.807, 2.05) is 7.05 Å². The normalized spacial score (nSPS) is 17.1. The number of hydrogen-bond acceptors (Lipinski definition) is 2. The van der Waals surface area contributed by atoms with Gasteiger partial charge in [-0.15, -0.1) is 0 Å². The van der Waals surface area contributed by atoms with E-state index in [-0.39, 0.29) is 5.82 Å². The molecule has 0 spiro atoms. The van der Waals surface area contributed by atoms with Crippen LogP contribution in [0.4, 0.5) is 15.8 Å². The smallest absolute Gasteiger partial charge is 0.125 e. The summed E-state index contributed by atoms with van der Waals surface area (Å²) >= 11 is 0. The summed E-state index contributed by atoms with van der Waals surface area (Å²) in [6, 6.07) is 4.58. The van der Waals surface area contributed by atoms with Crippen LogP contribution in [0.3, 0.4) is 0 Å². The van der Waals surface area contributed by atoms with Gasteiger partial charge in [-0.3, -0.25) is 0 Å². The number of nitrogen functional groups attached to an aromatic ring is 1. The molecule has 0 aliphatic heterocycles. The number of rotatable bonds is 3. The van der Waals surface area contributed by atoms with Gasteiger partial charge in [0.2, 0.25) is 0 Å². The van der Waals surface area contributed by atoms with E-state index in [0.717, 1.165) is 18.2 Å². The largest absolute Gasteiger partial charge is 0.397 e. The van der Waals surface area contributed by atoms with Gasteiger partial charge < -0.3 is 10.6 Å². The molecule has 0 amide bonds. The number of nitrogens with two attached hydrogens (primary N) is 1. The molecule has 2 nitrogen and oxygen atoms in total. The molecule has 0 atom stereocenters. The van der Waals surface area contributed by atoms with Gasteiger partial charge in [-0.2, -0.15) is 0 Å². The van der Waals surface area contributed by atoms with Crippen LogP contribution >= 0.6 is 0 Å². The van der Waals surface area contributed by atoms with Gasteiger partial charge in [-0.25, -0.2) is 4.39 Å². The average Bonchev–Trinajstić information content (AvgIpc) is 2.33. The van der Waals surface area contributed by atoms with E-state index in [1.165, 1.54) is 44.2 Å². The third-order valence-corrected chi connectivity index (χ3v) is 3.66. The molecule has 0 unspecified atom stereocenters. The Bertz CT molecular complexity index is 372. The minimum Gasteiger partial charge on any atom is -0.397 e. The summed E-state index contributed by atoms with van der Waals surface area (Å²) in [6.07, 6.45) is 6.61. The Balaban J connectivity index is 2.02. The molecule has 1 aliphatic carbocycles. The van der Waals surface area contributed by atoms with Crippen molar-refractivity contribution in [2.75, 3.05) is 24.2 Å². The van der Waals surface area contributed by atoms with Crippen LogP contribution < -0.4 is 10.6 Å². The first-order valence-electron chi connectivity index (χ1n) is 6.43. The van der Waals surface area contributed by atoms with E-state index >= 15 is 0 Å². The Hall–Kier alpha value is -1.25. The predicted molar refractivity (Wildman–Crippen MR) is 70.7 cm³/mol. The lowest BCUT2D eigenvalue weighted by atomic mass is 9.89. The van der Waals surface area contributed by atoms with Crippen LogP contribution in [0.2, 0.25) is 0 Å². The first kappa shape index (κ1) is 12.2. The number of halogens is 1. The van der Waals surface area contributed by atoms with Crippen LogP contribution in [0.1, 0.15) is 32.1 Å². The summed E-state index contributed by atoms with van der Waals surface area (Å²) in [5.74, 6) is 0.515. The highest BCUT2D eigenvalue weighted by Crippen LogP contribution is 2.28. The molecule has 0 radical (unpaired) electrons. The van der Waals surface area contributed by atoms with Crippen molar-refractivity contribution >= 4 is 11.4 Å². The van der Waals surface area contributed by atoms with Crippen molar-refractivity contribution in [1.82, 2.24) is 0 Å². The summed E-state index contributed by atoms with van der Waals surface area (Å²) in [5.41, 5.74) is 7.36. The molecule has 0 bridgehead atoms. The van der Waals surface area contributed by atoms with Gasteiger partial charge in [0.1, 0.15) is 5.82 Å². The SMILES string of the molecule is CN(CC1CCCCC1)c1cc(F)ccc1N. The topological polar surface area (TPSA) is 29.3 Å². The predicted octanol–water partition coefficient (Wildman–Crippen LogP) is 3.42. The van der Waals surface area contributed by atoms with Gasteiger partial charge in [-0.05, 0) is 37.0 Å². The van der Waals surface area contributed by atoms with Crippen molar-refractivity contribution in [3.8, 4) is 0 Å². The molecule has 1 fully saturated rings. The fourth-order valence-electron chi connectivity index (χ4n) is 2.70. The van der Waals surface area contributed by atoms with Gasteiger partial charge in [-0.1, -0.05) is 19.3 Å². The first-order chi connectivity index (χ1) is 8.16. The van der Waals surface area contributed by atoms with Gasteiger partial charge in [0.05, 0.1) is 11.4 Å². The lowest BCUT2D eigenvalue weighted by Gasteiger charge is -2.29. The monoisotopic (exact) mass is 236 g/mol. The number of hydrogen-bond donors (Lipinski definition) is 1. The fourth-order valence-corrected chi connectivity index (χ4v) is 2.70. The molecule has 2 N–H and O–H groups in total. The molecule has 1 aromatic rings. The van der Waals surface area contributed by atoms with Crippen molar-refractivity contribution in [1.29, 1.82) is 0 Å². The molecular weight excluding hydrogens is 215 g/mol. The van der Waals surface area contributed by atoms with E-state index < -0.39 is 0 Å². The lowest BCUT2D eigenvalue weighted by Crippen LogP contribution is -2.27. The van der Waals surface area contributed by atoms with Crippen LogP contribution in [-0.4, -0.2) is 13.6 Å². The minimum absolute atomic E-state index is 0.218. The lowest BCUT2D eigenvalue weighted by molar-refractivity contribution is 0.362. The molecule has 0 heterocycles. The van der Waals surface area contributed by atoms with Gasteiger partial charge in [0, 0.05) is 13.6 Å². The molecule has 17 heavy (non-hydrogen) atoms. The summed E-state index contributed by atoms with van der Waals surface area (Å²) < 4.78 is 13.2. The molecule has 0 saturated heterocycles. The number of anilines is 2. The van der Waals surface area contributed by atoms with E-state index in [1.54, 1.807) is 6.07 Å². The molecule has 1 aliphatic rings. The van der Waals surface area contributed by atoms with E-state index in [4.69, 9.17) is 5.73 Å². The van der Waals surface area contributed by atoms with Crippen LogP contribution in [0.25, 0.3) is 0 Å². The van der Waals surface area contributed by atoms with E-state index in [0.29, 0.717) is 5.69 Å².